The molecule has 0 saturated heterocycles. The van der Waals surface area contributed by atoms with Crippen LogP contribution in [-0.4, -0.2) is 19.6 Å². The summed E-state index contributed by atoms with van der Waals surface area (Å²) in [6.07, 6.45) is 0. The number of thiophene rings is 1. The molecule has 25 heavy (non-hydrogen) atoms. The van der Waals surface area contributed by atoms with Gasteiger partial charge in [0, 0.05) is 6.54 Å². The SMILES string of the molecule is COc1ccc(OCC(=O)NCc2ccccc2-c2ccsc2)cc1. The van der Waals surface area contributed by atoms with Crippen molar-refractivity contribution in [3.63, 3.8) is 0 Å². The highest BCUT2D eigenvalue weighted by atomic mass is 32.1. The van der Waals surface area contributed by atoms with Crippen LogP contribution in [0.5, 0.6) is 11.5 Å². The monoisotopic (exact) mass is 353 g/mol. The average Bonchev–Trinajstić information content (AvgIpc) is 3.20. The van der Waals surface area contributed by atoms with Crippen LogP contribution in [0.4, 0.5) is 0 Å². The second-order valence-corrected chi connectivity index (χ2v) is 6.19. The minimum Gasteiger partial charge on any atom is -0.497 e. The second kappa shape index (κ2) is 8.35. The molecule has 1 amide bonds. The number of carbonyl (C=O) groups excluding carboxylic acids is 1. The molecule has 128 valence electrons. The molecule has 5 heteroatoms. The van der Waals surface area contributed by atoms with Crippen molar-refractivity contribution >= 4 is 17.2 Å². The van der Waals surface area contributed by atoms with E-state index in [-0.39, 0.29) is 12.5 Å². The average molecular weight is 353 g/mol. The van der Waals surface area contributed by atoms with E-state index in [0.29, 0.717) is 12.3 Å². The zero-order valence-electron chi connectivity index (χ0n) is 13.9. The summed E-state index contributed by atoms with van der Waals surface area (Å²) in [4.78, 5) is 12.1. The molecule has 1 aromatic heterocycles. The second-order valence-electron chi connectivity index (χ2n) is 5.41. The van der Waals surface area contributed by atoms with E-state index < -0.39 is 0 Å². The summed E-state index contributed by atoms with van der Waals surface area (Å²) in [6, 6.07) is 17.3. The van der Waals surface area contributed by atoms with Gasteiger partial charge in [0.25, 0.3) is 5.91 Å². The molecule has 0 spiro atoms. The van der Waals surface area contributed by atoms with Crippen LogP contribution < -0.4 is 14.8 Å². The van der Waals surface area contributed by atoms with Gasteiger partial charge >= 0.3 is 0 Å². The van der Waals surface area contributed by atoms with Crippen LogP contribution in [0.25, 0.3) is 11.1 Å². The lowest BCUT2D eigenvalue weighted by Crippen LogP contribution is -2.28. The van der Waals surface area contributed by atoms with Crippen molar-refractivity contribution in [3.05, 3.63) is 70.9 Å². The number of amides is 1. The lowest BCUT2D eigenvalue weighted by Gasteiger charge is -2.11. The zero-order chi connectivity index (χ0) is 17.5. The van der Waals surface area contributed by atoms with Crippen LogP contribution in [0.1, 0.15) is 5.56 Å². The van der Waals surface area contributed by atoms with E-state index in [1.165, 1.54) is 5.56 Å². The van der Waals surface area contributed by atoms with Gasteiger partial charge in [0.2, 0.25) is 0 Å². The lowest BCUT2D eigenvalue weighted by atomic mass is 10.0. The number of methoxy groups -OCH3 is 1. The number of ether oxygens (including phenoxy) is 2. The van der Waals surface area contributed by atoms with Gasteiger partial charge in [-0.3, -0.25) is 4.79 Å². The van der Waals surface area contributed by atoms with Crippen molar-refractivity contribution in [1.82, 2.24) is 5.32 Å². The lowest BCUT2D eigenvalue weighted by molar-refractivity contribution is -0.123. The Morgan fingerprint density at radius 1 is 1.04 bits per heavy atom. The first-order valence-electron chi connectivity index (χ1n) is 7.90. The number of rotatable bonds is 7. The summed E-state index contributed by atoms with van der Waals surface area (Å²) in [5, 5.41) is 7.06. The molecule has 2 aromatic carbocycles. The summed E-state index contributed by atoms with van der Waals surface area (Å²) in [5.74, 6) is 1.23. The molecule has 0 atom stereocenters. The van der Waals surface area contributed by atoms with Gasteiger partial charge in [-0.2, -0.15) is 11.3 Å². The molecule has 0 aliphatic rings. The Balaban J connectivity index is 1.54. The highest BCUT2D eigenvalue weighted by Gasteiger charge is 2.07. The maximum atomic E-state index is 12.1. The largest absolute Gasteiger partial charge is 0.497 e. The van der Waals surface area contributed by atoms with Gasteiger partial charge in [0.15, 0.2) is 6.61 Å². The number of hydrogen-bond donors (Lipinski definition) is 1. The molecule has 0 saturated carbocycles. The molecule has 0 fully saturated rings. The van der Waals surface area contributed by atoms with Crippen molar-refractivity contribution in [2.75, 3.05) is 13.7 Å². The van der Waals surface area contributed by atoms with Crippen molar-refractivity contribution < 1.29 is 14.3 Å². The van der Waals surface area contributed by atoms with Crippen molar-refractivity contribution in [2.24, 2.45) is 0 Å². The molecular weight excluding hydrogens is 334 g/mol. The van der Waals surface area contributed by atoms with Gasteiger partial charge in [-0.25, -0.2) is 0 Å². The molecule has 4 nitrogen and oxygen atoms in total. The Morgan fingerprint density at radius 2 is 1.80 bits per heavy atom. The van der Waals surface area contributed by atoms with Crippen molar-refractivity contribution in [2.45, 2.75) is 6.54 Å². The maximum absolute atomic E-state index is 12.1. The standard InChI is InChI=1S/C20H19NO3S/c1-23-17-6-8-18(9-7-17)24-13-20(22)21-12-15-4-2-3-5-19(15)16-10-11-25-14-16/h2-11,14H,12-13H2,1H3,(H,21,22). The minimum absolute atomic E-state index is 0.0209. The molecule has 1 N–H and O–H groups in total. The summed E-state index contributed by atoms with van der Waals surface area (Å²) in [5.41, 5.74) is 3.39. The smallest absolute Gasteiger partial charge is 0.258 e. The molecule has 3 rings (SSSR count). The number of nitrogens with one attached hydrogen (secondary N) is 1. The fourth-order valence-electron chi connectivity index (χ4n) is 2.44. The predicted molar refractivity (Wildman–Crippen MR) is 100 cm³/mol. The fraction of sp³-hybridized carbons (Fsp3) is 0.150. The van der Waals surface area contributed by atoms with E-state index in [9.17, 15) is 4.79 Å². The molecular formula is C20H19NO3S. The fourth-order valence-corrected chi connectivity index (χ4v) is 3.10. The summed E-state index contributed by atoms with van der Waals surface area (Å²) in [7, 11) is 1.61. The summed E-state index contributed by atoms with van der Waals surface area (Å²) >= 11 is 1.66. The van der Waals surface area contributed by atoms with E-state index >= 15 is 0 Å². The van der Waals surface area contributed by atoms with Crippen LogP contribution >= 0.6 is 11.3 Å². The first kappa shape index (κ1) is 17.0. The maximum Gasteiger partial charge on any atom is 0.258 e. The van der Waals surface area contributed by atoms with Gasteiger partial charge in [-0.15, -0.1) is 0 Å². The van der Waals surface area contributed by atoms with Crippen LogP contribution in [0, 0.1) is 0 Å². The van der Waals surface area contributed by atoms with E-state index in [4.69, 9.17) is 9.47 Å². The number of hydrogen-bond acceptors (Lipinski definition) is 4. The Hall–Kier alpha value is -2.79. The Morgan fingerprint density at radius 3 is 2.52 bits per heavy atom. The van der Waals surface area contributed by atoms with Crippen molar-refractivity contribution in [1.29, 1.82) is 0 Å². The normalized spacial score (nSPS) is 10.3. The number of carbonyl (C=O) groups is 1. The third-order valence-corrected chi connectivity index (χ3v) is 4.44. The summed E-state index contributed by atoms with van der Waals surface area (Å²) < 4.78 is 10.6. The highest BCUT2D eigenvalue weighted by Crippen LogP contribution is 2.25. The van der Waals surface area contributed by atoms with Gasteiger partial charge in [-0.1, -0.05) is 24.3 Å². The van der Waals surface area contributed by atoms with Gasteiger partial charge in [-0.05, 0) is 57.8 Å². The first-order chi connectivity index (χ1) is 12.3. The van der Waals surface area contributed by atoms with E-state index in [1.54, 1.807) is 42.7 Å². The molecule has 3 aromatic rings. The predicted octanol–water partition coefficient (Wildman–Crippen LogP) is 4.12. The molecule has 0 unspecified atom stereocenters. The van der Waals surface area contributed by atoms with E-state index in [1.807, 2.05) is 23.6 Å². The summed E-state index contributed by atoms with van der Waals surface area (Å²) in [6.45, 7) is 0.448. The molecule has 0 bridgehead atoms. The van der Waals surface area contributed by atoms with Gasteiger partial charge in [0.05, 0.1) is 7.11 Å². The Labute approximate surface area is 151 Å². The first-order valence-corrected chi connectivity index (χ1v) is 8.84. The zero-order valence-corrected chi connectivity index (χ0v) is 14.7. The third kappa shape index (κ3) is 4.61. The van der Waals surface area contributed by atoms with Gasteiger partial charge < -0.3 is 14.8 Å². The topological polar surface area (TPSA) is 47.6 Å². The van der Waals surface area contributed by atoms with Crippen LogP contribution in [0.2, 0.25) is 0 Å². The Kier molecular flexibility index (Phi) is 5.69. The molecule has 0 radical (unpaired) electrons. The van der Waals surface area contributed by atoms with E-state index in [2.05, 4.69) is 22.8 Å². The molecule has 1 heterocycles. The van der Waals surface area contributed by atoms with Gasteiger partial charge in [0.1, 0.15) is 11.5 Å². The third-order valence-electron chi connectivity index (χ3n) is 3.75. The Bertz CT molecular complexity index is 813. The van der Waals surface area contributed by atoms with Crippen LogP contribution in [0.3, 0.4) is 0 Å². The number of benzene rings is 2. The van der Waals surface area contributed by atoms with Crippen LogP contribution in [0.15, 0.2) is 65.4 Å². The minimum atomic E-state index is -0.157. The van der Waals surface area contributed by atoms with Crippen molar-refractivity contribution in [3.8, 4) is 22.6 Å². The van der Waals surface area contributed by atoms with E-state index in [0.717, 1.165) is 16.9 Å². The highest BCUT2D eigenvalue weighted by molar-refractivity contribution is 7.08. The quantitative estimate of drug-likeness (QED) is 0.695. The van der Waals surface area contributed by atoms with Crippen LogP contribution in [-0.2, 0) is 11.3 Å². The molecule has 0 aliphatic carbocycles. The molecule has 0 aliphatic heterocycles.